The Balaban J connectivity index is 2.26. The van der Waals surface area contributed by atoms with Gasteiger partial charge in [0, 0.05) is 10.6 Å². The van der Waals surface area contributed by atoms with E-state index in [0.29, 0.717) is 0 Å². The molecular formula is C11H15NS. The van der Waals surface area contributed by atoms with Gasteiger partial charge in [-0.1, -0.05) is 12.5 Å². The Morgan fingerprint density at radius 1 is 1.38 bits per heavy atom. The SMILES string of the molecule is CSc1cc(C2CCC2)ccc1N. The van der Waals surface area contributed by atoms with E-state index in [1.165, 1.54) is 29.7 Å². The Morgan fingerprint density at radius 3 is 2.69 bits per heavy atom. The number of hydrogen-bond donors (Lipinski definition) is 1. The van der Waals surface area contributed by atoms with Crippen LogP contribution in [-0.4, -0.2) is 6.26 Å². The second-order valence-electron chi connectivity index (χ2n) is 3.63. The fraction of sp³-hybridized carbons (Fsp3) is 0.455. The second kappa shape index (κ2) is 3.62. The van der Waals surface area contributed by atoms with Crippen molar-refractivity contribution in [3.05, 3.63) is 23.8 Å². The minimum Gasteiger partial charge on any atom is -0.398 e. The first kappa shape index (κ1) is 8.95. The summed E-state index contributed by atoms with van der Waals surface area (Å²) in [5.41, 5.74) is 8.23. The second-order valence-corrected chi connectivity index (χ2v) is 4.48. The number of thioether (sulfide) groups is 1. The first-order valence-corrected chi connectivity index (χ1v) is 5.97. The van der Waals surface area contributed by atoms with E-state index in [1.807, 2.05) is 6.07 Å². The molecule has 1 fully saturated rings. The summed E-state index contributed by atoms with van der Waals surface area (Å²) >= 11 is 1.74. The van der Waals surface area contributed by atoms with Crippen LogP contribution in [0.5, 0.6) is 0 Å². The highest BCUT2D eigenvalue weighted by Gasteiger charge is 2.19. The van der Waals surface area contributed by atoms with Gasteiger partial charge in [0.05, 0.1) is 0 Å². The van der Waals surface area contributed by atoms with E-state index in [1.54, 1.807) is 11.8 Å². The largest absolute Gasteiger partial charge is 0.398 e. The summed E-state index contributed by atoms with van der Waals surface area (Å²) in [5.74, 6) is 0.812. The molecule has 0 aromatic heterocycles. The molecule has 1 aliphatic rings. The van der Waals surface area contributed by atoms with E-state index in [9.17, 15) is 0 Å². The molecule has 2 N–H and O–H groups in total. The molecule has 2 rings (SSSR count). The van der Waals surface area contributed by atoms with Crippen molar-refractivity contribution in [3.8, 4) is 0 Å². The highest BCUT2D eigenvalue weighted by atomic mass is 32.2. The fourth-order valence-electron chi connectivity index (χ4n) is 1.72. The van der Waals surface area contributed by atoms with Crippen molar-refractivity contribution in [1.29, 1.82) is 0 Å². The average Bonchev–Trinajstić information content (AvgIpc) is 2.05. The van der Waals surface area contributed by atoms with E-state index < -0.39 is 0 Å². The van der Waals surface area contributed by atoms with Crippen LogP contribution >= 0.6 is 11.8 Å². The summed E-state index contributed by atoms with van der Waals surface area (Å²) in [4.78, 5) is 1.23. The maximum atomic E-state index is 5.84. The molecule has 13 heavy (non-hydrogen) atoms. The summed E-state index contributed by atoms with van der Waals surface area (Å²) in [6.45, 7) is 0. The first-order valence-electron chi connectivity index (χ1n) is 4.74. The van der Waals surface area contributed by atoms with Crippen molar-refractivity contribution >= 4 is 17.4 Å². The quantitative estimate of drug-likeness (QED) is 0.576. The molecule has 0 unspecified atom stereocenters. The van der Waals surface area contributed by atoms with Gasteiger partial charge in [-0.25, -0.2) is 0 Å². The third kappa shape index (κ3) is 1.68. The predicted octanol–water partition coefficient (Wildman–Crippen LogP) is 3.26. The molecule has 0 heterocycles. The van der Waals surface area contributed by atoms with Gasteiger partial charge in [-0.3, -0.25) is 0 Å². The van der Waals surface area contributed by atoms with Gasteiger partial charge in [-0.2, -0.15) is 0 Å². The summed E-state index contributed by atoms with van der Waals surface area (Å²) in [6.07, 6.45) is 6.19. The normalized spacial score (nSPS) is 17.0. The van der Waals surface area contributed by atoms with Gasteiger partial charge >= 0.3 is 0 Å². The number of rotatable bonds is 2. The Hall–Kier alpha value is -0.630. The number of benzene rings is 1. The lowest BCUT2D eigenvalue weighted by molar-refractivity contribution is 0.419. The molecule has 0 amide bonds. The van der Waals surface area contributed by atoms with Gasteiger partial charge in [0.2, 0.25) is 0 Å². The average molecular weight is 193 g/mol. The number of anilines is 1. The van der Waals surface area contributed by atoms with Gasteiger partial charge in [0.1, 0.15) is 0 Å². The molecular weight excluding hydrogens is 178 g/mol. The molecule has 0 atom stereocenters. The van der Waals surface area contributed by atoms with Crippen molar-refractivity contribution in [1.82, 2.24) is 0 Å². The highest BCUT2D eigenvalue weighted by Crippen LogP contribution is 2.38. The van der Waals surface area contributed by atoms with Crippen LogP contribution in [-0.2, 0) is 0 Å². The van der Waals surface area contributed by atoms with Crippen LogP contribution in [0, 0.1) is 0 Å². The lowest BCUT2D eigenvalue weighted by atomic mass is 9.80. The van der Waals surface area contributed by atoms with Crippen molar-refractivity contribution < 1.29 is 0 Å². The van der Waals surface area contributed by atoms with E-state index >= 15 is 0 Å². The lowest BCUT2D eigenvalue weighted by Crippen LogP contribution is -2.08. The van der Waals surface area contributed by atoms with E-state index in [2.05, 4.69) is 18.4 Å². The Bertz CT molecular complexity index is 305. The van der Waals surface area contributed by atoms with Crippen LogP contribution in [0.1, 0.15) is 30.7 Å². The van der Waals surface area contributed by atoms with Crippen LogP contribution in [0.3, 0.4) is 0 Å². The molecule has 1 aliphatic carbocycles. The standard InChI is InChI=1S/C11H15NS/c1-13-11-7-9(5-6-10(11)12)8-3-2-4-8/h5-8H,2-4,12H2,1H3. The van der Waals surface area contributed by atoms with Crippen LogP contribution in [0.15, 0.2) is 23.1 Å². The van der Waals surface area contributed by atoms with E-state index in [0.717, 1.165) is 11.6 Å². The zero-order valence-corrected chi connectivity index (χ0v) is 8.73. The van der Waals surface area contributed by atoms with Gasteiger partial charge < -0.3 is 5.73 Å². The third-order valence-electron chi connectivity index (χ3n) is 2.83. The maximum absolute atomic E-state index is 5.84. The van der Waals surface area contributed by atoms with Crippen LogP contribution < -0.4 is 5.73 Å². The number of nitrogens with two attached hydrogens (primary N) is 1. The van der Waals surface area contributed by atoms with Crippen LogP contribution in [0.2, 0.25) is 0 Å². The van der Waals surface area contributed by atoms with Gasteiger partial charge in [0.25, 0.3) is 0 Å². The molecule has 1 aromatic carbocycles. The van der Waals surface area contributed by atoms with Crippen molar-refractivity contribution in [2.45, 2.75) is 30.1 Å². The molecule has 2 heteroatoms. The Kier molecular flexibility index (Phi) is 2.49. The molecule has 70 valence electrons. The Labute approximate surface area is 83.7 Å². The fourth-order valence-corrected chi connectivity index (χ4v) is 2.28. The van der Waals surface area contributed by atoms with Crippen LogP contribution in [0.25, 0.3) is 0 Å². The highest BCUT2D eigenvalue weighted by molar-refractivity contribution is 7.98. The van der Waals surface area contributed by atoms with Crippen LogP contribution in [0.4, 0.5) is 5.69 Å². The minimum absolute atomic E-state index is 0.812. The van der Waals surface area contributed by atoms with Crippen molar-refractivity contribution in [2.75, 3.05) is 12.0 Å². The molecule has 0 bridgehead atoms. The van der Waals surface area contributed by atoms with Crippen molar-refractivity contribution in [3.63, 3.8) is 0 Å². The molecule has 0 spiro atoms. The number of nitrogen functional groups attached to an aromatic ring is 1. The van der Waals surface area contributed by atoms with Crippen molar-refractivity contribution in [2.24, 2.45) is 0 Å². The summed E-state index contributed by atoms with van der Waals surface area (Å²) in [5, 5.41) is 0. The summed E-state index contributed by atoms with van der Waals surface area (Å²) < 4.78 is 0. The molecule has 1 saturated carbocycles. The van der Waals surface area contributed by atoms with E-state index in [4.69, 9.17) is 5.73 Å². The van der Waals surface area contributed by atoms with Gasteiger partial charge in [-0.15, -0.1) is 11.8 Å². The predicted molar refractivity (Wildman–Crippen MR) is 59.2 cm³/mol. The first-order chi connectivity index (χ1) is 6.31. The van der Waals surface area contributed by atoms with E-state index in [-0.39, 0.29) is 0 Å². The molecule has 0 aliphatic heterocycles. The van der Waals surface area contributed by atoms with Gasteiger partial charge in [0.15, 0.2) is 0 Å². The summed E-state index contributed by atoms with van der Waals surface area (Å²) in [7, 11) is 0. The number of hydrogen-bond acceptors (Lipinski definition) is 2. The molecule has 1 nitrogen and oxygen atoms in total. The Morgan fingerprint density at radius 2 is 2.15 bits per heavy atom. The zero-order chi connectivity index (χ0) is 9.26. The zero-order valence-electron chi connectivity index (χ0n) is 7.92. The smallest absolute Gasteiger partial charge is 0.0452 e. The monoisotopic (exact) mass is 193 g/mol. The molecule has 0 saturated heterocycles. The topological polar surface area (TPSA) is 26.0 Å². The summed E-state index contributed by atoms with van der Waals surface area (Å²) in [6, 6.07) is 6.47. The molecule has 0 radical (unpaired) electrons. The van der Waals surface area contributed by atoms with Gasteiger partial charge in [-0.05, 0) is 42.7 Å². The molecule has 1 aromatic rings. The minimum atomic E-state index is 0.812. The third-order valence-corrected chi connectivity index (χ3v) is 3.63. The maximum Gasteiger partial charge on any atom is 0.0452 e. The lowest BCUT2D eigenvalue weighted by Gasteiger charge is -2.26.